The standard InChI is InChI=1S/C25H31N3O3/c1-18-9-5-6-10-19(18)17-28-22-12-8-7-11-21(22)26-23(28)30-20-13-15-27(16-14-20)24(29)31-25(2,3)4/h5-12,20H,13-17H2,1-4H3. The highest BCUT2D eigenvalue weighted by molar-refractivity contribution is 5.76. The number of hydrogen-bond donors (Lipinski definition) is 0. The Morgan fingerprint density at radius 3 is 2.45 bits per heavy atom. The Hall–Kier alpha value is -3.02. The minimum atomic E-state index is -0.481. The Morgan fingerprint density at radius 1 is 1.06 bits per heavy atom. The second-order valence-electron chi connectivity index (χ2n) is 9.18. The minimum absolute atomic E-state index is 0.0196. The number of amides is 1. The van der Waals surface area contributed by atoms with Crippen molar-refractivity contribution in [3.05, 3.63) is 59.7 Å². The SMILES string of the molecule is Cc1ccccc1Cn1c(OC2CCN(C(=O)OC(C)(C)C)CC2)nc2ccccc21. The Bertz CT molecular complexity index is 1060. The maximum absolute atomic E-state index is 12.3. The molecule has 6 nitrogen and oxygen atoms in total. The van der Waals surface area contributed by atoms with Gasteiger partial charge in [0, 0.05) is 25.9 Å². The van der Waals surface area contributed by atoms with Gasteiger partial charge in [-0.3, -0.25) is 4.57 Å². The lowest BCUT2D eigenvalue weighted by Gasteiger charge is -2.33. The zero-order valence-corrected chi connectivity index (χ0v) is 18.8. The van der Waals surface area contributed by atoms with Crippen LogP contribution in [0, 0.1) is 6.92 Å². The van der Waals surface area contributed by atoms with Gasteiger partial charge in [0.25, 0.3) is 6.01 Å². The Balaban J connectivity index is 1.49. The fourth-order valence-electron chi connectivity index (χ4n) is 3.89. The van der Waals surface area contributed by atoms with Crippen LogP contribution in [0.5, 0.6) is 6.01 Å². The molecule has 1 amide bonds. The van der Waals surface area contributed by atoms with Crippen LogP contribution >= 0.6 is 0 Å². The summed E-state index contributed by atoms with van der Waals surface area (Å²) in [7, 11) is 0. The van der Waals surface area contributed by atoms with E-state index < -0.39 is 5.60 Å². The summed E-state index contributed by atoms with van der Waals surface area (Å²) in [6, 6.07) is 17.2. The average molecular weight is 422 g/mol. The van der Waals surface area contributed by atoms with Gasteiger partial charge in [-0.1, -0.05) is 36.4 Å². The average Bonchev–Trinajstić information content (AvgIpc) is 3.06. The maximum Gasteiger partial charge on any atom is 0.410 e. The molecule has 0 N–H and O–H groups in total. The van der Waals surface area contributed by atoms with Gasteiger partial charge in [-0.05, 0) is 51.0 Å². The number of aryl methyl sites for hydroxylation is 1. The van der Waals surface area contributed by atoms with Gasteiger partial charge in [-0.25, -0.2) is 4.79 Å². The van der Waals surface area contributed by atoms with E-state index in [2.05, 4.69) is 41.8 Å². The van der Waals surface area contributed by atoms with Crippen LogP contribution in [0.4, 0.5) is 4.79 Å². The summed E-state index contributed by atoms with van der Waals surface area (Å²) in [4.78, 5) is 18.9. The molecule has 0 bridgehead atoms. The van der Waals surface area contributed by atoms with Crippen molar-refractivity contribution in [1.82, 2.24) is 14.5 Å². The van der Waals surface area contributed by atoms with Crippen molar-refractivity contribution >= 4 is 17.1 Å². The number of nitrogens with zero attached hydrogens (tertiary/aromatic N) is 3. The Kier molecular flexibility index (Phi) is 5.90. The first-order chi connectivity index (χ1) is 14.8. The van der Waals surface area contributed by atoms with Gasteiger partial charge in [-0.15, -0.1) is 0 Å². The molecule has 0 unspecified atom stereocenters. The van der Waals surface area contributed by atoms with Crippen molar-refractivity contribution in [3.8, 4) is 6.01 Å². The van der Waals surface area contributed by atoms with Gasteiger partial charge in [0.1, 0.15) is 11.7 Å². The third kappa shape index (κ3) is 5.01. The van der Waals surface area contributed by atoms with Crippen molar-refractivity contribution < 1.29 is 14.3 Å². The van der Waals surface area contributed by atoms with E-state index in [1.54, 1.807) is 4.90 Å². The maximum atomic E-state index is 12.3. The zero-order valence-electron chi connectivity index (χ0n) is 18.8. The molecule has 0 atom stereocenters. The van der Waals surface area contributed by atoms with E-state index in [4.69, 9.17) is 14.5 Å². The van der Waals surface area contributed by atoms with Crippen molar-refractivity contribution in [3.63, 3.8) is 0 Å². The number of carbonyl (C=O) groups excluding carboxylic acids is 1. The summed E-state index contributed by atoms with van der Waals surface area (Å²) in [5.74, 6) is 0. The number of imidazole rings is 1. The number of hydrogen-bond acceptors (Lipinski definition) is 4. The molecule has 1 aliphatic rings. The van der Waals surface area contributed by atoms with Gasteiger partial charge in [0.2, 0.25) is 0 Å². The smallest absolute Gasteiger partial charge is 0.410 e. The topological polar surface area (TPSA) is 56.6 Å². The van der Waals surface area contributed by atoms with E-state index in [1.807, 2.05) is 39.0 Å². The number of para-hydroxylation sites is 2. The predicted molar refractivity (Wildman–Crippen MR) is 121 cm³/mol. The van der Waals surface area contributed by atoms with E-state index in [1.165, 1.54) is 11.1 Å². The van der Waals surface area contributed by atoms with E-state index in [0.29, 0.717) is 25.6 Å². The molecule has 164 valence electrons. The molecule has 6 heteroatoms. The molecule has 0 aliphatic carbocycles. The highest BCUT2D eigenvalue weighted by atomic mass is 16.6. The van der Waals surface area contributed by atoms with E-state index >= 15 is 0 Å². The van der Waals surface area contributed by atoms with Crippen LogP contribution in [0.2, 0.25) is 0 Å². The molecular formula is C25H31N3O3. The second-order valence-corrected chi connectivity index (χ2v) is 9.18. The monoisotopic (exact) mass is 421 g/mol. The summed E-state index contributed by atoms with van der Waals surface area (Å²) in [6.07, 6.45) is 1.28. The molecule has 1 saturated heterocycles. The Morgan fingerprint density at radius 2 is 1.74 bits per heavy atom. The molecule has 3 aromatic rings. The van der Waals surface area contributed by atoms with E-state index in [-0.39, 0.29) is 12.2 Å². The summed E-state index contributed by atoms with van der Waals surface area (Å²) < 4.78 is 14.0. The van der Waals surface area contributed by atoms with Crippen LogP contribution < -0.4 is 4.74 Å². The molecule has 2 heterocycles. The number of ether oxygens (including phenoxy) is 2. The van der Waals surface area contributed by atoms with Gasteiger partial charge in [-0.2, -0.15) is 4.98 Å². The fraction of sp³-hybridized carbons (Fsp3) is 0.440. The van der Waals surface area contributed by atoms with Crippen LogP contribution in [0.25, 0.3) is 11.0 Å². The van der Waals surface area contributed by atoms with Crippen molar-refractivity contribution in [2.75, 3.05) is 13.1 Å². The van der Waals surface area contributed by atoms with Crippen LogP contribution in [-0.4, -0.2) is 45.3 Å². The normalized spacial score (nSPS) is 15.3. The van der Waals surface area contributed by atoms with Crippen molar-refractivity contribution in [2.24, 2.45) is 0 Å². The third-order valence-electron chi connectivity index (χ3n) is 5.57. The largest absolute Gasteiger partial charge is 0.461 e. The summed E-state index contributed by atoms with van der Waals surface area (Å²) in [5, 5.41) is 0. The number of benzene rings is 2. The summed E-state index contributed by atoms with van der Waals surface area (Å²) in [5.41, 5.74) is 4.00. The second kappa shape index (κ2) is 8.61. The number of piperidine rings is 1. The van der Waals surface area contributed by atoms with Crippen LogP contribution in [-0.2, 0) is 11.3 Å². The lowest BCUT2D eigenvalue weighted by molar-refractivity contribution is 0.0116. The number of fused-ring (bicyclic) bond motifs is 1. The molecule has 1 aliphatic heterocycles. The molecule has 2 aromatic carbocycles. The highest BCUT2D eigenvalue weighted by Crippen LogP contribution is 2.26. The zero-order chi connectivity index (χ0) is 22.0. The molecule has 31 heavy (non-hydrogen) atoms. The number of rotatable bonds is 4. The first-order valence-corrected chi connectivity index (χ1v) is 10.9. The van der Waals surface area contributed by atoms with Gasteiger partial charge in [0.05, 0.1) is 17.6 Å². The summed E-state index contributed by atoms with van der Waals surface area (Å²) in [6.45, 7) is 9.75. The molecular weight excluding hydrogens is 390 g/mol. The van der Waals surface area contributed by atoms with Crippen molar-refractivity contribution in [2.45, 2.75) is 58.8 Å². The lowest BCUT2D eigenvalue weighted by Crippen LogP contribution is -2.44. The molecule has 4 rings (SSSR count). The molecule has 1 aromatic heterocycles. The van der Waals surface area contributed by atoms with Gasteiger partial charge >= 0.3 is 6.09 Å². The summed E-state index contributed by atoms with van der Waals surface area (Å²) >= 11 is 0. The predicted octanol–water partition coefficient (Wildman–Crippen LogP) is 5.17. The highest BCUT2D eigenvalue weighted by Gasteiger charge is 2.28. The number of aromatic nitrogens is 2. The first kappa shape index (κ1) is 21.2. The first-order valence-electron chi connectivity index (χ1n) is 10.9. The van der Waals surface area contributed by atoms with Crippen molar-refractivity contribution in [1.29, 1.82) is 0 Å². The van der Waals surface area contributed by atoms with Crippen LogP contribution in [0.15, 0.2) is 48.5 Å². The quantitative estimate of drug-likeness (QED) is 0.583. The fourth-order valence-corrected chi connectivity index (χ4v) is 3.89. The molecule has 0 spiro atoms. The van der Waals surface area contributed by atoms with Gasteiger partial charge < -0.3 is 14.4 Å². The van der Waals surface area contributed by atoms with Crippen LogP contribution in [0.3, 0.4) is 0 Å². The van der Waals surface area contributed by atoms with Crippen LogP contribution in [0.1, 0.15) is 44.7 Å². The molecule has 0 saturated carbocycles. The number of carbonyl (C=O) groups is 1. The number of likely N-dealkylation sites (tertiary alicyclic amines) is 1. The lowest BCUT2D eigenvalue weighted by atomic mass is 10.1. The van der Waals surface area contributed by atoms with E-state index in [9.17, 15) is 4.79 Å². The Labute approximate surface area is 183 Å². The van der Waals surface area contributed by atoms with E-state index in [0.717, 1.165) is 23.9 Å². The molecule has 0 radical (unpaired) electrons. The third-order valence-corrected chi connectivity index (χ3v) is 5.57. The van der Waals surface area contributed by atoms with Gasteiger partial charge in [0.15, 0.2) is 0 Å². The molecule has 1 fully saturated rings. The minimum Gasteiger partial charge on any atom is -0.461 e.